The predicted octanol–water partition coefficient (Wildman–Crippen LogP) is 4.52. The van der Waals surface area contributed by atoms with Gasteiger partial charge in [0.15, 0.2) is 0 Å². The molecule has 4 rings (SSSR count). The average Bonchev–Trinajstić information content (AvgIpc) is 3.17. The second-order valence-electron chi connectivity index (χ2n) is 7.51. The monoisotopic (exact) mass is 439 g/mol. The van der Waals surface area contributed by atoms with E-state index in [1.807, 2.05) is 44.2 Å². The molecular weight excluding hydrogens is 418 g/mol. The van der Waals surface area contributed by atoms with Gasteiger partial charge in [-0.25, -0.2) is 4.79 Å². The van der Waals surface area contributed by atoms with Crippen LogP contribution in [-0.2, 0) is 11.2 Å². The van der Waals surface area contributed by atoms with E-state index >= 15 is 0 Å². The maximum Gasteiger partial charge on any atom is 0.340 e. The van der Waals surface area contributed by atoms with E-state index in [2.05, 4.69) is 5.32 Å². The van der Waals surface area contributed by atoms with E-state index in [4.69, 9.17) is 25.5 Å². The van der Waals surface area contributed by atoms with Crippen LogP contribution in [0.5, 0.6) is 0 Å². The Balaban J connectivity index is 1.84. The van der Waals surface area contributed by atoms with Crippen LogP contribution in [0.3, 0.4) is 0 Å². The second kappa shape index (κ2) is 8.57. The molecule has 2 N–H and O–H groups in total. The van der Waals surface area contributed by atoms with Gasteiger partial charge in [-0.15, -0.1) is 0 Å². The van der Waals surface area contributed by atoms with Crippen molar-refractivity contribution >= 4 is 39.4 Å². The van der Waals surface area contributed by atoms with Gasteiger partial charge >= 0.3 is 5.63 Å². The number of carbonyl (C=O) groups excluding carboxylic acids is 1. The summed E-state index contributed by atoms with van der Waals surface area (Å²) in [6.45, 7) is 4.02. The molecule has 160 valence electrons. The number of hydrogen-bond acceptors (Lipinski definition) is 5. The number of aliphatic hydroxyl groups is 1. The van der Waals surface area contributed by atoms with Crippen molar-refractivity contribution in [3.05, 3.63) is 68.7 Å². The van der Waals surface area contributed by atoms with Gasteiger partial charge < -0.3 is 19.3 Å². The van der Waals surface area contributed by atoms with E-state index in [-0.39, 0.29) is 18.9 Å². The first-order chi connectivity index (χ1) is 14.9. The fraction of sp³-hybridized carbons (Fsp3) is 0.250. The van der Waals surface area contributed by atoms with Gasteiger partial charge in [0, 0.05) is 40.1 Å². The Labute approximate surface area is 183 Å². The summed E-state index contributed by atoms with van der Waals surface area (Å²) in [6.07, 6.45) is 2.06. The Kier molecular flexibility index (Phi) is 5.85. The summed E-state index contributed by atoms with van der Waals surface area (Å²) in [5.41, 5.74) is 4.19. The minimum atomic E-state index is -0.533. The molecule has 0 saturated heterocycles. The van der Waals surface area contributed by atoms with Gasteiger partial charge in [-0.1, -0.05) is 23.7 Å². The van der Waals surface area contributed by atoms with Crippen LogP contribution < -0.4 is 10.9 Å². The van der Waals surface area contributed by atoms with E-state index in [0.717, 1.165) is 27.5 Å². The number of fused-ring (bicyclic) bond motifs is 2. The molecule has 2 heterocycles. The number of nitrogens with one attached hydrogen (secondary N) is 1. The average molecular weight is 440 g/mol. The summed E-state index contributed by atoms with van der Waals surface area (Å²) in [5, 5.41) is 13.9. The van der Waals surface area contributed by atoms with Gasteiger partial charge in [-0.3, -0.25) is 4.79 Å². The summed E-state index contributed by atoms with van der Waals surface area (Å²) >= 11 is 6.02. The number of amides is 1. The smallest absolute Gasteiger partial charge is 0.340 e. The van der Waals surface area contributed by atoms with Crippen LogP contribution >= 0.6 is 11.6 Å². The van der Waals surface area contributed by atoms with E-state index in [1.165, 1.54) is 0 Å². The Bertz CT molecular complexity index is 1330. The maximum atomic E-state index is 12.6. The molecule has 0 saturated carbocycles. The Morgan fingerprint density at radius 1 is 1.10 bits per heavy atom. The normalized spacial score (nSPS) is 11.4. The minimum Gasteiger partial charge on any atom is -0.463 e. The quantitative estimate of drug-likeness (QED) is 0.340. The van der Waals surface area contributed by atoms with Crippen molar-refractivity contribution in [2.24, 2.45) is 0 Å². The lowest BCUT2D eigenvalue weighted by Crippen LogP contribution is -2.29. The van der Waals surface area contributed by atoms with Crippen LogP contribution in [0.4, 0.5) is 0 Å². The molecule has 0 atom stereocenters. The second-order valence-corrected chi connectivity index (χ2v) is 7.94. The van der Waals surface area contributed by atoms with E-state index in [1.54, 1.807) is 6.26 Å². The molecule has 7 heteroatoms. The van der Waals surface area contributed by atoms with Crippen molar-refractivity contribution in [3.8, 4) is 11.1 Å². The summed E-state index contributed by atoms with van der Waals surface area (Å²) in [6, 6.07) is 9.43. The van der Waals surface area contributed by atoms with Crippen molar-refractivity contribution in [1.29, 1.82) is 0 Å². The fourth-order valence-corrected chi connectivity index (χ4v) is 3.91. The number of aliphatic hydroxyl groups excluding tert-OH is 1. The summed E-state index contributed by atoms with van der Waals surface area (Å²) in [4.78, 5) is 24.9. The maximum absolute atomic E-state index is 12.6. The number of aryl methyl sites for hydroxylation is 2. The highest BCUT2D eigenvalue weighted by Crippen LogP contribution is 2.37. The zero-order valence-corrected chi connectivity index (χ0v) is 18.0. The lowest BCUT2D eigenvalue weighted by atomic mass is 9.97. The first-order valence-corrected chi connectivity index (χ1v) is 10.4. The molecule has 2 aromatic heterocycles. The SMILES string of the molecule is Cc1c(CC(=O)NCCCO)c(=O)oc2c(C)c3occ(-c4ccc(Cl)cc4)c3cc12. The zero-order valence-electron chi connectivity index (χ0n) is 17.3. The van der Waals surface area contributed by atoms with Gasteiger partial charge in [0.05, 0.1) is 18.2 Å². The Morgan fingerprint density at radius 3 is 2.55 bits per heavy atom. The molecule has 2 aromatic carbocycles. The topological polar surface area (TPSA) is 92.7 Å². The lowest BCUT2D eigenvalue weighted by molar-refractivity contribution is -0.120. The van der Waals surface area contributed by atoms with Crippen molar-refractivity contribution < 1.29 is 18.7 Å². The molecule has 31 heavy (non-hydrogen) atoms. The summed E-state index contributed by atoms with van der Waals surface area (Å²) in [7, 11) is 0. The van der Waals surface area contributed by atoms with Crippen molar-refractivity contribution in [2.75, 3.05) is 13.2 Å². The summed E-state index contributed by atoms with van der Waals surface area (Å²) in [5.74, 6) is -0.286. The number of benzene rings is 2. The van der Waals surface area contributed by atoms with Crippen LogP contribution in [0.15, 0.2) is 50.2 Å². The number of rotatable bonds is 6. The Morgan fingerprint density at radius 2 is 1.84 bits per heavy atom. The first kappa shape index (κ1) is 21.2. The standard InChI is InChI=1S/C24H22ClNO5/c1-13-17-10-19-20(15-4-6-16(25)7-5-15)12-30-22(19)14(2)23(17)31-24(29)18(13)11-21(28)26-8-3-9-27/h4-7,10,12,27H,3,8-9,11H2,1-2H3,(H,26,28). The first-order valence-electron chi connectivity index (χ1n) is 10.0. The molecule has 0 aliphatic carbocycles. The third kappa shape index (κ3) is 3.96. The Hall–Kier alpha value is -3.09. The molecule has 0 aliphatic rings. The van der Waals surface area contributed by atoms with Crippen LogP contribution in [-0.4, -0.2) is 24.2 Å². The third-order valence-corrected chi connectivity index (χ3v) is 5.74. The van der Waals surface area contributed by atoms with E-state index in [0.29, 0.717) is 40.3 Å². The predicted molar refractivity (Wildman–Crippen MR) is 121 cm³/mol. The summed E-state index contributed by atoms with van der Waals surface area (Å²) < 4.78 is 11.4. The van der Waals surface area contributed by atoms with Gasteiger partial charge in [-0.05, 0) is 49.6 Å². The van der Waals surface area contributed by atoms with E-state index < -0.39 is 5.63 Å². The molecule has 0 unspecified atom stereocenters. The fourth-order valence-electron chi connectivity index (χ4n) is 3.78. The van der Waals surface area contributed by atoms with Crippen LogP contribution in [0, 0.1) is 13.8 Å². The van der Waals surface area contributed by atoms with Crippen LogP contribution in [0.2, 0.25) is 5.02 Å². The van der Waals surface area contributed by atoms with Crippen molar-refractivity contribution in [3.63, 3.8) is 0 Å². The molecule has 1 amide bonds. The molecule has 4 aromatic rings. The van der Waals surface area contributed by atoms with Gasteiger partial charge in [-0.2, -0.15) is 0 Å². The lowest BCUT2D eigenvalue weighted by Gasteiger charge is -2.10. The van der Waals surface area contributed by atoms with Crippen molar-refractivity contribution in [2.45, 2.75) is 26.7 Å². The van der Waals surface area contributed by atoms with Crippen LogP contribution in [0.25, 0.3) is 33.1 Å². The molecule has 0 fully saturated rings. The van der Waals surface area contributed by atoms with Crippen LogP contribution in [0.1, 0.15) is 23.1 Å². The largest absolute Gasteiger partial charge is 0.463 e. The molecular formula is C24H22ClNO5. The molecule has 6 nitrogen and oxygen atoms in total. The van der Waals surface area contributed by atoms with Gasteiger partial charge in [0.2, 0.25) is 5.91 Å². The zero-order chi connectivity index (χ0) is 22.1. The molecule has 0 aliphatic heterocycles. The number of hydrogen-bond donors (Lipinski definition) is 2. The highest BCUT2D eigenvalue weighted by molar-refractivity contribution is 6.30. The highest BCUT2D eigenvalue weighted by Gasteiger charge is 2.20. The van der Waals surface area contributed by atoms with Gasteiger partial charge in [0.25, 0.3) is 0 Å². The number of furan rings is 1. The highest BCUT2D eigenvalue weighted by atomic mass is 35.5. The minimum absolute atomic E-state index is 0.00660. The van der Waals surface area contributed by atoms with Gasteiger partial charge in [0.1, 0.15) is 11.2 Å². The number of carbonyl (C=O) groups is 1. The number of halogens is 1. The molecule has 0 bridgehead atoms. The molecule has 0 spiro atoms. The van der Waals surface area contributed by atoms with Crippen molar-refractivity contribution in [1.82, 2.24) is 5.32 Å². The van der Waals surface area contributed by atoms with E-state index in [9.17, 15) is 9.59 Å². The molecule has 0 radical (unpaired) electrons. The third-order valence-electron chi connectivity index (χ3n) is 5.49.